The molecule has 1 aliphatic rings. The zero-order valence-corrected chi connectivity index (χ0v) is 17.5. The molecule has 2 aromatic heterocycles. The van der Waals surface area contributed by atoms with Crippen LogP contribution < -0.4 is 5.32 Å². The molecule has 3 heterocycles. The maximum absolute atomic E-state index is 12.8. The van der Waals surface area contributed by atoms with Crippen LogP contribution in [-0.4, -0.2) is 46.2 Å². The molecular formula is C21H23ClN4O2S. The lowest BCUT2D eigenvalue weighted by Gasteiger charge is -2.36. The molecular weight excluding hydrogens is 408 g/mol. The molecule has 0 aliphatic carbocycles. The summed E-state index contributed by atoms with van der Waals surface area (Å²) in [6.45, 7) is 2.28. The number of amides is 1. The van der Waals surface area contributed by atoms with Gasteiger partial charge in [0.25, 0.3) is 0 Å². The van der Waals surface area contributed by atoms with Gasteiger partial charge in [-0.2, -0.15) is 0 Å². The number of oxazole rings is 1. The van der Waals surface area contributed by atoms with Crippen molar-refractivity contribution < 1.29 is 9.21 Å². The van der Waals surface area contributed by atoms with Gasteiger partial charge in [0, 0.05) is 43.3 Å². The standard InChI is InChI=1S/C21H22N4O2S.ClH/c26-20(25-10-9-23-12-19(25)17-7-4-8-22-11-17)15-28-14-18-13-27-21(24-18)16-5-2-1-3-6-16;/h1-8,11,13,19,23H,9-10,12,14-15H2;1H. The van der Waals surface area contributed by atoms with E-state index in [2.05, 4.69) is 15.3 Å². The minimum absolute atomic E-state index is 0. The fourth-order valence-electron chi connectivity index (χ4n) is 3.29. The van der Waals surface area contributed by atoms with Crippen molar-refractivity contribution in [3.63, 3.8) is 0 Å². The summed E-state index contributed by atoms with van der Waals surface area (Å²) in [5.41, 5.74) is 2.87. The molecule has 1 fully saturated rings. The zero-order chi connectivity index (χ0) is 19.2. The number of pyridine rings is 1. The van der Waals surface area contributed by atoms with Crippen LogP contribution in [0.4, 0.5) is 0 Å². The number of hydrogen-bond acceptors (Lipinski definition) is 6. The second kappa shape index (κ2) is 10.4. The van der Waals surface area contributed by atoms with Crippen molar-refractivity contribution in [2.75, 3.05) is 25.4 Å². The molecule has 0 spiro atoms. The predicted molar refractivity (Wildman–Crippen MR) is 117 cm³/mol. The van der Waals surface area contributed by atoms with E-state index in [0.717, 1.165) is 29.9 Å². The number of hydrogen-bond donors (Lipinski definition) is 1. The predicted octanol–water partition coefficient (Wildman–Crippen LogP) is 3.56. The molecule has 1 N–H and O–H groups in total. The van der Waals surface area contributed by atoms with E-state index in [1.54, 1.807) is 24.2 Å². The molecule has 1 saturated heterocycles. The van der Waals surface area contributed by atoms with Crippen LogP contribution in [0, 0.1) is 0 Å². The van der Waals surface area contributed by atoms with E-state index >= 15 is 0 Å². The van der Waals surface area contributed by atoms with Gasteiger partial charge in [0.15, 0.2) is 0 Å². The molecule has 1 unspecified atom stereocenters. The average molecular weight is 431 g/mol. The minimum Gasteiger partial charge on any atom is -0.444 e. The number of nitrogens with zero attached hydrogens (tertiary/aromatic N) is 3. The van der Waals surface area contributed by atoms with Crippen molar-refractivity contribution in [3.05, 3.63) is 72.4 Å². The summed E-state index contributed by atoms with van der Waals surface area (Å²) in [6.07, 6.45) is 5.26. The molecule has 1 aromatic carbocycles. The van der Waals surface area contributed by atoms with Gasteiger partial charge >= 0.3 is 0 Å². The Kier molecular flexibility index (Phi) is 7.69. The van der Waals surface area contributed by atoms with Crippen LogP contribution in [0.5, 0.6) is 0 Å². The van der Waals surface area contributed by atoms with Gasteiger partial charge in [0.2, 0.25) is 11.8 Å². The number of thioether (sulfide) groups is 1. The van der Waals surface area contributed by atoms with Crippen molar-refractivity contribution in [1.82, 2.24) is 20.2 Å². The lowest BCUT2D eigenvalue weighted by molar-refractivity contribution is -0.131. The third-order valence-corrected chi connectivity index (χ3v) is 5.63. The molecule has 0 saturated carbocycles. The van der Waals surface area contributed by atoms with Crippen LogP contribution in [0.3, 0.4) is 0 Å². The number of rotatable bonds is 6. The topological polar surface area (TPSA) is 71.3 Å². The van der Waals surface area contributed by atoms with Crippen LogP contribution in [0.2, 0.25) is 0 Å². The molecule has 1 aliphatic heterocycles. The lowest BCUT2D eigenvalue weighted by atomic mass is 10.1. The highest BCUT2D eigenvalue weighted by atomic mass is 35.5. The maximum Gasteiger partial charge on any atom is 0.233 e. The van der Waals surface area contributed by atoms with E-state index in [9.17, 15) is 4.79 Å². The number of piperazine rings is 1. The molecule has 0 radical (unpaired) electrons. The van der Waals surface area contributed by atoms with Gasteiger partial charge in [-0.3, -0.25) is 9.78 Å². The smallest absolute Gasteiger partial charge is 0.233 e. The van der Waals surface area contributed by atoms with Gasteiger partial charge < -0.3 is 14.6 Å². The first-order valence-electron chi connectivity index (χ1n) is 9.29. The first-order valence-corrected chi connectivity index (χ1v) is 10.4. The van der Waals surface area contributed by atoms with E-state index < -0.39 is 0 Å². The first-order chi connectivity index (χ1) is 13.8. The largest absolute Gasteiger partial charge is 0.444 e. The van der Waals surface area contributed by atoms with Gasteiger partial charge in [-0.15, -0.1) is 24.2 Å². The van der Waals surface area contributed by atoms with E-state index in [-0.39, 0.29) is 24.4 Å². The van der Waals surface area contributed by atoms with Crippen LogP contribution >= 0.6 is 24.2 Å². The summed E-state index contributed by atoms with van der Waals surface area (Å²) < 4.78 is 5.56. The number of carbonyl (C=O) groups is 1. The second-order valence-electron chi connectivity index (χ2n) is 6.60. The zero-order valence-electron chi connectivity index (χ0n) is 15.9. The normalized spacial score (nSPS) is 16.3. The van der Waals surface area contributed by atoms with Gasteiger partial charge in [-0.1, -0.05) is 24.3 Å². The van der Waals surface area contributed by atoms with Gasteiger partial charge in [0.1, 0.15) is 6.26 Å². The number of benzene rings is 1. The Morgan fingerprint density at radius 3 is 2.90 bits per heavy atom. The first kappa shape index (κ1) is 21.4. The average Bonchev–Trinajstić information content (AvgIpc) is 3.24. The highest BCUT2D eigenvalue weighted by molar-refractivity contribution is 7.99. The van der Waals surface area contributed by atoms with Crippen molar-refractivity contribution in [1.29, 1.82) is 0 Å². The number of halogens is 1. The number of aromatic nitrogens is 2. The molecule has 8 heteroatoms. The summed E-state index contributed by atoms with van der Waals surface area (Å²) in [5.74, 6) is 1.82. The quantitative estimate of drug-likeness (QED) is 0.644. The molecule has 4 rings (SSSR count). The van der Waals surface area contributed by atoms with E-state index in [4.69, 9.17) is 4.42 Å². The summed E-state index contributed by atoms with van der Waals surface area (Å²) >= 11 is 1.56. The SMILES string of the molecule is Cl.O=C(CSCc1coc(-c2ccccc2)n1)N1CCNCC1c1cccnc1. The lowest BCUT2D eigenvalue weighted by Crippen LogP contribution is -2.49. The molecule has 152 valence electrons. The van der Waals surface area contributed by atoms with E-state index in [0.29, 0.717) is 23.9 Å². The van der Waals surface area contributed by atoms with Crippen LogP contribution in [-0.2, 0) is 10.5 Å². The molecule has 1 amide bonds. The third-order valence-electron chi connectivity index (χ3n) is 4.68. The monoisotopic (exact) mass is 430 g/mol. The van der Waals surface area contributed by atoms with Gasteiger partial charge in [-0.25, -0.2) is 4.98 Å². The summed E-state index contributed by atoms with van der Waals surface area (Å²) in [5, 5.41) is 3.37. The van der Waals surface area contributed by atoms with Gasteiger partial charge in [0.05, 0.1) is 17.5 Å². The molecule has 6 nitrogen and oxygen atoms in total. The van der Waals surface area contributed by atoms with Crippen LogP contribution in [0.25, 0.3) is 11.5 Å². The van der Waals surface area contributed by atoms with E-state index in [1.807, 2.05) is 53.6 Å². The Bertz CT molecular complexity index is 907. The highest BCUT2D eigenvalue weighted by Gasteiger charge is 2.27. The Labute approximate surface area is 180 Å². The van der Waals surface area contributed by atoms with Crippen LogP contribution in [0.15, 0.2) is 65.5 Å². The Morgan fingerprint density at radius 1 is 1.24 bits per heavy atom. The highest BCUT2D eigenvalue weighted by Crippen LogP contribution is 2.24. The molecule has 29 heavy (non-hydrogen) atoms. The fourth-order valence-corrected chi connectivity index (χ4v) is 4.07. The second-order valence-corrected chi connectivity index (χ2v) is 7.58. The van der Waals surface area contributed by atoms with Crippen molar-refractivity contribution in [3.8, 4) is 11.5 Å². The summed E-state index contributed by atoms with van der Waals surface area (Å²) in [6, 6.07) is 13.8. The molecule has 1 atom stereocenters. The summed E-state index contributed by atoms with van der Waals surface area (Å²) in [4.78, 5) is 23.5. The van der Waals surface area contributed by atoms with Crippen molar-refractivity contribution >= 4 is 30.1 Å². The molecule has 0 bridgehead atoms. The molecule has 3 aromatic rings. The maximum atomic E-state index is 12.8. The fraction of sp³-hybridized carbons (Fsp3) is 0.286. The Balaban J connectivity index is 0.00000240. The van der Waals surface area contributed by atoms with Crippen LogP contribution in [0.1, 0.15) is 17.3 Å². The Morgan fingerprint density at radius 2 is 2.10 bits per heavy atom. The number of nitrogens with one attached hydrogen (secondary N) is 1. The van der Waals surface area contributed by atoms with Gasteiger partial charge in [-0.05, 0) is 23.8 Å². The van der Waals surface area contributed by atoms with Crippen molar-refractivity contribution in [2.45, 2.75) is 11.8 Å². The summed E-state index contributed by atoms with van der Waals surface area (Å²) in [7, 11) is 0. The van der Waals surface area contributed by atoms with E-state index in [1.165, 1.54) is 0 Å². The third kappa shape index (κ3) is 5.38. The Hall–Kier alpha value is -2.35. The minimum atomic E-state index is 0. The number of carbonyl (C=O) groups excluding carboxylic acids is 1. The van der Waals surface area contributed by atoms with Crippen molar-refractivity contribution in [2.24, 2.45) is 0 Å².